The van der Waals surface area contributed by atoms with Crippen LogP contribution in [0.4, 0.5) is 0 Å². The molecule has 1 rings (SSSR count). The topological polar surface area (TPSA) is 58.4 Å². The summed E-state index contributed by atoms with van der Waals surface area (Å²) in [5.41, 5.74) is 6.09. The smallest absolute Gasteiger partial charge is 0.216 e. The van der Waals surface area contributed by atoms with Crippen LogP contribution in [-0.2, 0) is 4.79 Å². The van der Waals surface area contributed by atoms with Crippen molar-refractivity contribution in [1.82, 2.24) is 10.2 Å². The predicted molar refractivity (Wildman–Crippen MR) is 70.7 cm³/mol. The highest BCUT2D eigenvalue weighted by molar-refractivity contribution is 5.72. The third-order valence-electron chi connectivity index (χ3n) is 3.41. The average molecular weight is 241 g/mol. The maximum Gasteiger partial charge on any atom is 0.216 e. The summed E-state index contributed by atoms with van der Waals surface area (Å²) in [7, 11) is 0. The van der Waals surface area contributed by atoms with Crippen LogP contribution in [0, 0.1) is 5.92 Å². The van der Waals surface area contributed by atoms with E-state index >= 15 is 0 Å². The molecule has 0 aliphatic carbocycles. The van der Waals surface area contributed by atoms with Crippen LogP contribution in [0.5, 0.6) is 0 Å². The van der Waals surface area contributed by atoms with E-state index in [0.717, 1.165) is 38.5 Å². The summed E-state index contributed by atoms with van der Waals surface area (Å²) in [6.45, 7) is 7.58. The van der Waals surface area contributed by atoms with Crippen LogP contribution < -0.4 is 11.1 Å². The van der Waals surface area contributed by atoms with Crippen LogP contribution in [0.15, 0.2) is 0 Å². The average Bonchev–Trinajstić information content (AvgIpc) is 2.25. The molecule has 0 spiro atoms. The van der Waals surface area contributed by atoms with Gasteiger partial charge in [0.25, 0.3) is 0 Å². The first-order chi connectivity index (χ1) is 8.11. The van der Waals surface area contributed by atoms with Gasteiger partial charge in [0.15, 0.2) is 0 Å². The van der Waals surface area contributed by atoms with Gasteiger partial charge in [0.1, 0.15) is 0 Å². The number of nitrogens with zero attached hydrogens (tertiary/aromatic N) is 1. The molecule has 0 aromatic carbocycles. The van der Waals surface area contributed by atoms with E-state index in [1.165, 1.54) is 19.3 Å². The molecule has 4 heteroatoms. The number of rotatable bonds is 6. The maximum absolute atomic E-state index is 10.8. The van der Waals surface area contributed by atoms with Crippen molar-refractivity contribution < 1.29 is 4.79 Å². The Balaban J connectivity index is 2.26. The largest absolute Gasteiger partial charge is 0.355 e. The highest BCUT2D eigenvalue weighted by atomic mass is 16.1. The molecule has 17 heavy (non-hydrogen) atoms. The fraction of sp³-hybridized carbons (Fsp3) is 0.923. The molecule has 3 N–H and O–H groups in total. The number of nitrogens with one attached hydrogen (secondary N) is 1. The third-order valence-corrected chi connectivity index (χ3v) is 3.41. The number of carbonyl (C=O) groups excluding carboxylic acids is 1. The van der Waals surface area contributed by atoms with Crippen LogP contribution in [0.2, 0.25) is 0 Å². The molecule has 1 heterocycles. The van der Waals surface area contributed by atoms with E-state index in [0.29, 0.717) is 6.04 Å². The van der Waals surface area contributed by atoms with E-state index in [-0.39, 0.29) is 5.91 Å². The van der Waals surface area contributed by atoms with Crippen LogP contribution in [0.25, 0.3) is 0 Å². The van der Waals surface area contributed by atoms with Crippen molar-refractivity contribution >= 4 is 5.91 Å². The summed E-state index contributed by atoms with van der Waals surface area (Å²) in [5.74, 6) is 0.796. The SMILES string of the molecule is CCCCC1CC(N)CN(CCNC(C)=O)C1. The molecule has 1 aliphatic heterocycles. The van der Waals surface area contributed by atoms with Gasteiger partial charge in [0.2, 0.25) is 5.91 Å². The molecule has 1 aliphatic rings. The minimum atomic E-state index is 0.0499. The molecule has 2 atom stereocenters. The predicted octanol–water partition coefficient (Wildman–Crippen LogP) is 0.962. The molecular formula is C13H27N3O. The zero-order valence-corrected chi connectivity index (χ0v) is 11.2. The van der Waals surface area contributed by atoms with Gasteiger partial charge >= 0.3 is 0 Å². The number of nitrogens with two attached hydrogens (primary N) is 1. The Kier molecular flexibility index (Phi) is 6.52. The van der Waals surface area contributed by atoms with Gasteiger partial charge in [-0.15, -0.1) is 0 Å². The number of unbranched alkanes of at least 4 members (excludes halogenated alkanes) is 1. The number of hydrogen-bond acceptors (Lipinski definition) is 3. The molecule has 0 bridgehead atoms. The van der Waals surface area contributed by atoms with E-state index in [9.17, 15) is 4.79 Å². The summed E-state index contributed by atoms with van der Waals surface area (Å²) in [6, 6.07) is 0.308. The van der Waals surface area contributed by atoms with Gasteiger partial charge in [-0.2, -0.15) is 0 Å². The minimum absolute atomic E-state index is 0.0499. The maximum atomic E-state index is 10.8. The molecule has 1 fully saturated rings. The second-order valence-corrected chi connectivity index (χ2v) is 5.25. The summed E-state index contributed by atoms with van der Waals surface area (Å²) in [6.07, 6.45) is 5.02. The van der Waals surface area contributed by atoms with Crippen molar-refractivity contribution in [1.29, 1.82) is 0 Å². The monoisotopic (exact) mass is 241 g/mol. The van der Waals surface area contributed by atoms with Crippen molar-refractivity contribution in [2.75, 3.05) is 26.2 Å². The first-order valence-corrected chi connectivity index (χ1v) is 6.84. The van der Waals surface area contributed by atoms with Gasteiger partial charge in [0.05, 0.1) is 0 Å². The lowest BCUT2D eigenvalue weighted by atomic mass is 9.90. The van der Waals surface area contributed by atoms with Gasteiger partial charge in [-0.1, -0.05) is 19.8 Å². The lowest BCUT2D eigenvalue weighted by molar-refractivity contribution is -0.119. The molecule has 0 aromatic rings. The molecule has 0 radical (unpaired) electrons. The van der Waals surface area contributed by atoms with Crippen molar-refractivity contribution in [3.63, 3.8) is 0 Å². The Hall–Kier alpha value is -0.610. The van der Waals surface area contributed by atoms with Crippen LogP contribution in [-0.4, -0.2) is 43.0 Å². The second kappa shape index (κ2) is 7.67. The number of carbonyl (C=O) groups is 1. The molecule has 4 nitrogen and oxygen atoms in total. The molecule has 1 saturated heterocycles. The Morgan fingerprint density at radius 2 is 2.24 bits per heavy atom. The molecular weight excluding hydrogens is 214 g/mol. The molecule has 0 aromatic heterocycles. The highest BCUT2D eigenvalue weighted by Crippen LogP contribution is 2.20. The lowest BCUT2D eigenvalue weighted by Crippen LogP contribution is -2.49. The Morgan fingerprint density at radius 3 is 2.88 bits per heavy atom. The molecule has 2 unspecified atom stereocenters. The Morgan fingerprint density at radius 1 is 1.47 bits per heavy atom. The van der Waals surface area contributed by atoms with E-state index in [1.807, 2.05) is 0 Å². The van der Waals surface area contributed by atoms with Crippen LogP contribution >= 0.6 is 0 Å². The van der Waals surface area contributed by atoms with Crippen molar-refractivity contribution in [3.8, 4) is 0 Å². The van der Waals surface area contributed by atoms with E-state index in [1.54, 1.807) is 6.92 Å². The summed E-state index contributed by atoms with van der Waals surface area (Å²) < 4.78 is 0. The van der Waals surface area contributed by atoms with Crippen molar-refractivity contribution in [3.05, 3.63) is 0 Å². The number of likely N-dealkylation sites (tertiary alicyclic amines) is 1. The summed E-state index contributed by atoms with van der Waals surface area (Å²) >= 11 is 0. The van der Waals surface area contributed by atoms with E-state index in [4.69, 9.17) is 5.73 Å². The zero-order chi connectivity index (χ0) is 12.7. The molecule has 100 valence electrons. The van der Waals surface area contributed by atoms with Gasteiger partial charge in [-0.3, -0.25) is 9.69 Å². The van der Waals surface area contributed by atoms with E-state index < -0.39 is 0 Å². The fourth-order valence-corrected chi connectivity index (χ4v) is 2.62. The molecule has 0 saturated carbocycles. The fourth-order valence-electron chi connectivity index (χ4n) is 2.62. The minimum Gasteiger partial charge on any atom is -0.355 e. The summed E-state index contributed by atoms with van der Waals surface area (Å²) in [4.78, 5) is 13.2. The second-order valence-electron chi connectivity index (χ2n) is 5.25. The van der Waals surface area contributed by atoms with Gasteiger partial charge < -0.3 is 11.1 Å². The third kappa shape index (κ3) is 6.03. The van der Waals surface area contributed by atoms with Crippen LogP contribution in [0.1, 0.15) is 39.5 Å². The Labute approximate surface area is 105 Å². The standard InChI is InChI=1S/C13H27N3O/c1-3-4-5-12-8-13(14)10-16(9-12)7-6-15-11(2)17/h12-13H,3-10,14H2,1-2H3,(H,15,17). The molecule has 1 amide bonds. The van der Waals surface area contributed by atoms with Gasteiger partial charge in [0, 0.05) is 39.1 Å². The lowest BCUT2D eigenvalue weighted by Gasteiger charge is -2.36. The normalized spacial score (nSPS) is 25.8. The number of hydrogen-bond donors (Lipinski definition) is 2. The Bertz CT molecular complexity index is 233. The highest BCUT2D eigenvalue weighted by Gasteiger charge is 2.24. The van der Waals surface area contributed by atoms with Crippen molar-refractivity contribution in [2.24, 2.45) is 11.7 Å². The van der Waals surface area contributed by atoms with Gasteiger partial charge in [-0.05, 0) is 18.8 Å². The van der Waals surface area contributed by atoms with Crippen LogP contribution in [0.3, 0.4) is 0 Å². The zero-order valence-electron chi connectivity index (χ0n) is 11.2. The number of amides is 1. The van der Waals surface area contributed by atoms with E-state index in [2.05, 4.69) is 17.1 Å². The van der Waals surface area contributed by atoms with Crippen molar-refractivity contribution in [2.45, 2.75) is 45.6 Å². The first kappa shape index (κ1) is 14.5. The first-order valence-electron chi connectivity index (χ1n) is 6.84. The number of piperidine rings is 1. The van der Waals surface area contributed by atoms with Gasteiger partial charge in [-0.25, -0.2) is 0 Å². The summed E-state index contributed by atoms with van der Waals surface area (Å²) in [5, 5.41) is 2.84. The quantitative estimate of drug-likeness (QED) is 0.728.